The highest BCUT2D eigenvalue weighted by Gasteiger charge is 2.26. The third-order valence-electron chi connectivity index (χ3n) is 3.77. The molecule has 1 atom stereocenters. The van der Waals surface area contributed by atoms with Gasteiger partial charge in [-0.15, -0.1) is 0 Å². The Morgan fingerprint density at radius 3 is 2.89 bits per heavy atom. The van der Waals surface area contributed by atoms with Gasteiger partial charge in [-0.2, -0.15) is 0 Å². The van der Waals surface area contributed by atoms with Crippen molar-refractivity contribution in [3.8, 4) is 0 Å². The summed E-state index contributed by atoms with van der Waals surface area (Å²) in [4.78, 5) is 14.4. The normalized spacial score (nSPS) is 20.6. The highest BCUT2D eigenvalue weighted by molar-refractivity contribution is 6.31. The van der Waals surface area contributed by atoms with Crippen LogP contribution in [0.25, 0.3) is 0 Å². The summed E-state index contributed by atoms with van der Waals surface area (Å²) in [6, 6.07) is 7.21. The van der Waals surface area contributed by atoms with E-state index in [9.17, 15) is 4.79 Å². The Kier molecular flexibility index (Phi) is 4.41. The molecule has 0 spiro atoms. The predicted octanol–water partition coefficient (Wildman–Crippen LogP) is 3.50. The van der Waals surface area contributed by atoms with Gasteiger partial charge in [0, 0.05) is 17.1 Å². The quantitative estimate of drug-likeness (QED) is 0.777. The maximum absolute atomic E-state index is 12.1. The highest BCUT2D eigenvalue weighted by Crippen LogP contribution is 2.23. The Bertz CT molecular complexity index is 430. The van der Waals surface area contributed by atoms with Crippen LogP contribution >= 0.6 is 11.6 Å². The number of benzene rings is 1. The minimum absolute atomic E-state index is 0.168. The van der Waals surface area contributed by atoms with Gasteiger partial charge in [0.15, 0.2) is 5.78 Å². The Balaban J connectivity index is 1.93. The first-order valence-electron chi connectivity index (χ1n) is 6.57. The van der Waals surface area contributed by atoms with Crippen LogP contribution in [-0.4, -0.2) is 30.3 Å². The van der Waals surface area contributed by atoms with E-state index in [0.29, 0.717) is 17.5 Å². The summed E-state index contributed by atoms with van der Waals surface area (Å²) in [5, 5.41) is 0.627. The highest BCUT2D eigenvalue weighted by atomic mass is 35.5. The summed E-state index contributed by atoms with van der Waals surface area (Å²) < 4.78 is 0. The maximum atomic E-state index is 12.1. The Hall–Kier alpha value is -0.860. The lowest BCUT2D eigenvalue weighted by Crippen LogP contribution is -2.28. The molecule has 1 heterocycles. The van der Waals surface area contributed by atoms with Gasteiger partial charge in [0.25, 0.3) is 0 Å². The summed E-state index contributed by atoms with van der Waals surface area (Å²) in [6.07, 6.45) is 1.21. The van der Waals surface area contributed by atoms with Crippen molar-refractivity contribution in [1.29, 1.82) is 0 Å². The third-order valence-corrected chi connectivity index (χ3v) is 4.00. The van der Waals surface area contributed by atoms with Gasteiger partial charge < -0.3 is 0 Å². The number of carbonyl (C=O) groups excluding carboxylic acids is 1. The number of likely N-dealkylation sites (tertiary alicyclic amines) is 1. The molecule has 0 amide bonds. The van der Waals surface area contributed by atoms with Crippen LogP contribution in [0, 0.1) is 11.8 Å². The molecule has 98 valence electrons. The van der Waals surface area contributed by atoms with Crippen molar-refractivity contribution in [3.63, 3.8) is 0 Å². The van der Waals surface area contributed by atoms with Gasteiger partial charge in [-0.05, 0) is 36.9 Å². The first kappa shape index (κ1) is 13.6. The summed E-state index contributed by atoms with van der Waals surface area (Å²) in [6.45, 7) is 7.11. The molecule has 0 saturated carbocycles. The van der Waals surface area contributed by atoms with Gasteiger partial charge in [0.2, 0.25) is 0 Å². The van der Waals surface area contributed by atoms with Crippen LogP contribution in [0.3, 0.4) is 0 Å². The fourth-order valence-electron chi connectivity index (χ4n) is 2.51. The van der Waals surface area contributed by atoms with E-state index in [1.54, 1.807) is 12.1 Å². The second-order valence-electron chi connectivity index (χ2n) is 5.46. The monoisotopic (exact) mass is 265 g/mol. The van der Waals surface area contributed by atoms with E-state index < -0.39 is 0 Å². The molecule has 0 aromatic heterocycles. The molecule has 1 aliphatic heterocycles. The Morgan fingerprint density at radius 2 is 2.28 bits per heavy atom. The lowest BCUT2D eigenvalue weighted by molar-refractivity contribution is 0.0942. The average Bonchev–Trinajstić information content (AvgIpc) is 2.77. The molecular weight excluding hydrogens is 246 g/mol. The summed E-state index contributed by atoms with van der Waals surface area (Å²) in [7, 11) is 0. The number of halogens is 1. The number of hydrogen-bond donors (Lipinski definition) is 0. The van der Waals surface area contributed by atoms with Gasteiger partial charge in [0.05, 0.1) is 6.54 Å². The molecule has 3 heteroatoms. The molecule has 1 saturated heterocycles. The van der Waals surface area contributed by atoms with Crippen LogP contribution in [0.4, 0.5) is 0 Å². The van der Waals surface area contributed by atoms with Crippen molar-refractivity contribution in [2.24, 2.45) is 11.8 Å². The number of Topliss-reactive ketones (excluding diaryl/α,β-unsaturated/α-hetero) is 1. The van der Waals surface area contributed by atoms with E-state index in [1.807, 2.05) is 12.1 Å². The summed E-state index contributed by atoms with van der Waals surface area (Å²) in [5.41, 5.74) is 0.718. The molecule has 0 bridgehead atoms. The fraction of sp³-hybridized carbons (Fsp3) is 0.533. The van der Waals surface area contributed by atoms with E-state index in [0.717, 1.165) is 24.6 Å². The van der Waals surface area contributed by atoms with Crippen molar-refractivity contribution in [3.05, 3.63) is 34.9 Å². The number of rotatable bonds is 4. The molecule has 2 nitrogen and oxygen atoms in total. The summed E-state index contributed by atoms with van der Waals surface area (Å²) in [5.74, 6) is 1.61. The topological polar surface area (TPSA) is 20.3 Å². The van der Waals surface area contributed by atoms with Crippen molar-refractivity contribution in [1.82, 2.24) is 4.90 Å². The van der Waals surface area contributed by atoms with E-state index in [-0.39, 0.29) is 5.78 Å². The molecule has 1 fully saturated rings. The Labute approximate surface area is 114 Å². The molecule has 0 N–H and O–H groups in total. The number of carbonyl (C=O) groups is 1. The average molecular weight is 266 g/mol. The van der Waals surface area contributed by atoms with Gasteiger partial charge in [0.1, 0.15) is 0 Å². The smallest absolute Gasteiger partial charge is 0.176 e. The molecule has 18 heavy (non-hydrogen) atoms. The van der Waals surface area contributed by atoms with Gasteiger partial charge in [-0.1, -0.05) is 37.6 Å². The lowest BCUT2D eigenvalue weighted by Gasteiger charge is -2.17. The lowest BCUT2D eigenvalue weighted by atomic mass is 9.95. The van der Waals surface area contributed by atoms with Crippen molar-refractivity contribution < 1.29 is 4.79 Å². The second-order valence-corrected chi connectivity index (χ2v) is 5.90. The van der Waals surface area contributed by atoms with E-state index >= 15 is 0 Å². The minimum Gasteiger partial charge on any atom is -0.296 e. The minimum atomic E-state index is 0.168. The van der Waals surface area contributed by atoms with E-state index in [4.69, 9.17) is 11.6 Å². The largest absolute Gasteiger partial charge is 0.296 e. The van der Waals surface area contributed by atoms with E-state index in [2.05, 4.69) is 18.7 Å². The molecule has 1 aliphatic rings. The first-order valence-corrected chi connectivity index (χ1v) is 6.95. The maximum Gasteiger partial charge on any atom is 0.176 e. The zero-order valence-corrected chi connectivity index (χ0v) is 11.8. The zero-order valence-electron chi connectivity index (χ0n) is 11.0. The number of ketones is 1. The van der Waals surface area contributed by atoms with Crippen LogP contribution in [-0.2, 0) is 0 Å². The fourth-order valence-corrected chi connectivity index (χ4v) is 2.70. The molecule has 1 aromatic carbocycles. The summed E-state index contributed by atoms with van der Waals surface area (Å²) >= 11 is 5.90. The van der Waals surface area contributed by atoms with E-state index in [1.165, 1.54) is 6.42 Å². The van der Waals surface area contributed by atoms with Crippen molar-refractivity contribution >= 4 is 17.4 Å². The van der Waals surface area contributed by atoms with Crippen molar-refractivity contribution in [2.45, 2.75) is 20.3 Å². The second kappa shape index (κ2) is 5.85. The molecule has 2 rings (SSSR count). The predicted molar refractivity (Wildman–Crippen MR) is 75.2 cm³/mol. The van der Waals surface area contributed by atoms with Crippen LogP contribution in [0.2, 0.25) is 5.02 Å². The van der Waals surface area contributed by atoms with Gasteiger partial charge in [-0.25, -0.2) is 0 Å². The molecule has 0 radical (unpaired) electrons. The molecular formula is C15H20ClNO. The Morgan fingerprint density at radius 1 is 1.50 bits per heavy atom. The molecule has 1 unspecified atom stereocenters. The van der Waals surface area contributed by atoms with Crippen LogP contribution < -0.4 is 0 Å². The number of nitrogens with zero attached hydrogens (tertiary/aromatic N) is 1. The van der Waals surface area contributed by atoms with Gasteiger partial charge in [-0.3, -0.25) is 9.69 Å². The van der Waals surface area contributed by atoms with Crippen LogP contribution in [0.5, 0.6) is 0 Å². The van der Waals surface area contributed by atoms with Gasteiger partial charge >= 0.3 is 0 Å². The SMILES string of the molecule is CC(C)C1CCN(CC(=O)c2cccc(Cl)c2)C1. The molecule has 1 aromatic rings. The van der Waals surface area contributed by atoms with Crippen molar-refractivity contribution in [2.75, 3.05) is 19.6 Å². The third kappa shape index (κ3) is 3.33. The molecule has 0 aliphatic carbocycles. The van der Waals surface area contributed by atoms with Crippen LogP contribution in [0.15, 0.2) is 24.3 Å². The van der Waals surface area contributed by atoms with Crippen LogP contribution in [0.1, 0.15) is 30.6 Å². The standard InChI is InChI=1S/C15H20ClNO/c1-11(2)13-6-7-17(9-13)10-15(18)12-4-3-5-14(16)8-12/h3-5,8,11,13H,6-7,9-10H2,1-2H3. The zero-order chi connectivity index (χ0) is 13.1. The first-order chi connectivity index (χ1) is 8.56. The number of hydrogen-bond acceptors (Lipinski definition) is 2.